The van der Waals surface area contributed by atoms with Crippen molar-refractivity contribution < 1.29 is 8.42 Å². The molecule has 3 aromatic heterocycles. The third kappa shape index (κ3) is 4.40. The van der Waals surface area contributed by atoms with Crippen LogP contribution in [-0.4, -0.2) is 57.5 Å². The van der Waals surface area contributed by atoms with Crippen LogP contribution in [0.2, 0.25) is 0 Å². The minimum Gasteiger partial charge on any atom is -0.365 e. The molecule has 9 heteroatoms. The summed E-state index contributed by atoms with van der Waals surface area (Å²) in [6, 6.07) is 5.70. The van der Waals surface area contributed by atoms with Gasteiger partial charge < -0.3 is 10.3 Å². The van der Waals surface area contributed by atoms with Gasteiger partial charge in [0, 0.05) is 37.1 Å². The summed E-state index contributed by atoms with van der Waals surface area (Å²) in [5.74, 6) is 0.989. The van der Waals surface area contributed by atoms with Gasteiger partial charge in [-0.05, 0) is 37.0 Å². The Kier molecular flexibility index (Phi) is 5.51. The molecule has 4 rings (SSSR count). The Morgan fingerprint density at radius 1 is 1.31 bits per heavy atom. The highest BCUT2D eigenvalue weighted by Crippen LogP contribution is 2.27. The molecule has 0 amide bonds. The number of nitrogens with zero attached hydrogens (tertiary/aromatic N) is 4. The van der Waals surface area contributed by atoms with Crippen molar-refractivity contribution in [3.05, 3.63) is 36.8 Å². The van der Waals surface area contributed by atoms with E-state index in [4.69, 9.17) is 0 Å². The van der Waals surface area contributed by atoms with E-state index >= 15 is 0 Å². The van der Waals surface area contributed by atoms with Gasteiger partial charge in [-0.15, -0.1) is 0 Å². The summed E-state index contributed by atoms with van der Waals surface area (Å²) in [6.45, 7) is 4.89. The first-order valence-corrected chi connectivity index (χ1v) is 11.5. The molecule has 1 aliphatic rings. The molecule has 4 heterocycles. The molecule has 0 saturated carbocycles. The number of fused-ring (bicyclic) bond motifs is 1. The average molecular weight is 415 g/mol. The second-order valence-electron chi connectivity index (χ2n) is 7.88. The largest absolute Gasteiger partial charge is 0.365 e. The molecule has 1 unspecified atom stereocenters. The van der Waals surface area contributed by atoms with E-state index in [-0.39, 0.29) is 17.7 Å². The van der Waals surface area contributed by atoms with Gasteiger partial charge >= 0.3 is 0 Å². The molecule has 0 bridgehead atoms. The van der Waals surface area contributed by atoms with Crippen molar-refractivity contribution in [2.75, 3.05) is 24.2 Å². The quantitative estimate of drug-likeness (QED) is 0.643. The number of piperidine rings is 1. The summed E-state index contributed by atoms with van der Waals surface area (Å²) in [5.41, 5.74) is 3.12. The molecule has 0 aromatic carbocycles. The van der Waals surface area contributed by atoms with Crippen molar-refractivity contribution in [1.82, 2.24) is 24.2 Å². The van der Waals surface area contributed by atoms with E-state index < -0.39 is 10.0 Å². The fraction of sp³-hybridized carbons (Fsp3) is 0.450. The lowest BCUT2D eigenvalue weighted by Gasteiger charge is -2.33. The molecule has 2 N–H and O–H groups in total. The number of hydrogen-bond acceptors (Lipinski definition) is 6. The zero-order chi connectivity index (χ0) is 20.4. The highest BCUT2D eigenvalue weighted by atomic mass is 32.2. The predicted octanol–water partition coefficient (Wildman–Crippen LogP) is 2.88. The van der Waals surface area contributed by atoms with Crippen molar-refractivity contribution in [3.63, 3.8) is 0 Å². The summed E-state index contributed by atoms with van der Waals surface area (Å²) in [6.07, 6.45) is 6.98. The van der Waals surface area contributed by atoms with Crippen molar-refractivity contribution in [2.24, 2.45) is 5.92 Å². The van der Waals surface area contributed by atoms with Crippen molar-refractivity contribution in [1.29, 1.82) is 0 Å². The molecule has 0 radical (unpaired) electrons. The molecular formula is C20H26N6O2S. The molecule has 0 spiro atoms. The fourth-order valence-electron chi connectivity index (χ4n) is 3.72. The molecule has 1 atom stereocenters. The third-order valence-electron chi connectivity index (χ3n) is 5.01. The maximum atomic E-state index is 12.6. The lowest BCUT2D eigenvalue weighted by Crippen LogP contribution is -2.46. The minimum atomic E-state index is -3.24. The maximum absolute atomic E-state index is 12.6. The topological polar surface area (TPSA) is 104 Å². The maximum Gasteiger partial charge on any atom is 0.214 e. The number of anilines is 1. The van der Waals surface area contributed by atoms with E-state index in [0.717, 1.165) is 35.3 Å². The number of hydrogen-bond donors (Lipinski definition) is 2. The van der Waals surface area contributed by atoms with Crippen LogP contribution in [0.5, 0.6) is 0 Å². The van der Waals surface area contributed by atoms with E-state index in [0.29, 0.717) is 18.9 Å². The molecule has 1 aliphatic heterocycles. The Morgan fingerprint density at radius 2 is 2.17 bits per heavy atom. The van der Waals surface area contributed by atoms with Crippen molar-refractivity contribution in [3.8, 4) is 11.3 Å². The molecular weight excluding hydrogens is 388 g/mol. The predicted molar refractivity (Wildman–Crippen MR) is 114 cm³/mol. The van der Waals surface area contributed by atoms with Gasteiger partial charge in [-0.25, -0.2) is 23.4 Å². The Balaban J connectivity index is 1.55. The Bertz CT molecular complexity index is 1100. The van der Waals surface area contributed by atoms with E-state index in [9.17, 15) is 8.42 Å². The monoisotopic (exact) mass is 414 g/mol. The lowest BCUT2D eigenvalue weighted by molar-refractivity contribution is 0.325. The standard InChI is InChI=1S/C20H26N6O2S/c1-14(2)13-29(27,28)26-10-4-5-15(12-26)24-19-16(6-3-8-21-19)18-11-23-20-17(25-18)7-9-22-20/h3,6-9,11,14-15H,4-5,10,12-13H2,1-2H3,(H,21,24)(H,22,23). The van der Waals surface area contributed by atoms with Crippen LogP contribution in [0.1, 0.15) is 26.7 Å². The Morgan fingerprint density at radius 3 is 3.00 bits per heavy atom. The van der Waals surface area contributed by atoms with E-state index in [1.54, 1.807) is 16.7 Å². The summed E-state index contributed by atoms with van der Waals surface area (Å²) in [4.78, 5) is 16.6. The van der Waals surface area contributed by atoms with Crippen LogP contribution in [0, 0.1) is 5.92 Å². The van der Waals surface area contributed by atoms with E-state index in [1.807, 2.05) is 38.2 Å². The SMILES string of the molecule is CC(C)CS(=O)(=O)N1CCCC(Nc2ncccc2-c2cnc3[nH]ccc3n2)C1. The van der Waals surface area contributed by atoms with Crippen LogP contribution in [0.3, 0.4) is 0 Å². The first-order valence-electron chi connectivity index (χ1n) is 9.92. The number of aromatic nitrogens is 4. The van der Waals surface area contributed by atoms with Crippen molar-refractivity contribution >= 4 is 27.0 Å². The van der Waals surface area contributed by atoms with Gasteiger partial charge in [-0.2, -0.15) is 4.31 Å². The lowest BCUT2D eigenvalue weighted by atomic mass is 10.1. The summed E-state index contributed by atoms with van der Waals surface area (Å²) < 4.78 is 26.9. The zero-order valence-electron chi connectivity index (χ0n) is 16.7. The Labute approximate surface area is 170 Å². The van der Waals surface area contributed by atoms with E-state index in [2.05, 4.69) is 25.3 Å². The first kappa shape index (κ1) is 19.8. The minimum absolute atomic E-state index is 0.00304. The van der Waals surface area contributed by atoms with Gasteiger partial charge in [-0.1, -0.05) is 13.8 Å². The Hall–Kier alpha value is -2.52. The van der Waals surface area contributed by atoms with Crippen LogP contribution in [0.4, 0.5) is 5.82 Å². The molecule has 8 nitrogen and oxygen atoms in total. The molecule has 0 aliphatic carbocycles. The van der Waals surface area contributed by atoms with Crippen molar-refractivity contribution in [2.45, 2.75) is 32.7 Å². The number of rotatable bonds is 6. The number of pyridine rings is 1. The second-order valence-corrected chi connectivity index (χ2v) is 9.89. The highest BCUT2D eigenvalue weighted by Gasteiger charge is 2.29. The normalized spacial score (nSPS) is 18.4. The molecule has 154 valence electrons. The van der Waals surface area contributed by atoms with Gasteiger partial charge in [0.2, 0.25) is 10.0 Å². The number of sulfonamides is 1. The van der Waals surface area contributed by atoms with Gasteiger partial charge in [0.05, 0.1) is 17.6 Å². The molecule has 3 aromatic rings. The van der Waals surface area contributed by atoms with Gasteiger partial charge in [0.25, 0.3) is 0 Å². The second kappa shape index (κ2) is 8.08. The summed E-state index contributed by atoms with van der Waals surface area (Å²) in [7, 11) is -3.24. The van der Waals surface area contributed by atoms with Gasteiger partial charge in [-0.3, -0.25) is 0 Å². The number of aromatic amines is 1. The fourth-order valence-corrected chi connectivity index (χ4v) is 5.59. The zero-order valence-corrected chi connectivity index (χ0v) is 17.5. The third-order valence-corrected chi connectivity index (χ3v) is 7.21. The molecule has 1 fully saturated rings. The number of H-pyrrole nitrogens is 1. The molecule has 29 heavy (non-hydrogen) atoms. The van der Waals surface area contributed by atoms with Gasteiger partial charge in [0.15, 0.2) is 5.65 Å². The van der Waals surface area contributed by atoms with Crippen LogP contribution in [0.15, 0.2) is 36.8 Å². The summed E-state index contributed by atoms with van der Waals surface area (Å²) >= 11 is 0. The van der Waals surface area contributed by atoms with Crippen LogP contribution >= 0.6 is 0 Å². The van der Waals surface area contributed by atoms with E-state index in [1.165, 1.54) is 0 Å². The highest BCUT2D eigenvalue weighted by molar-refractivity contribution is 7.89. The van der Waals surface area contributed by atoms with Crippen LogP contribution in [-0.2, 0) is 10.0 Å². The van der Waals surface area contributed by atoms with Crippen LogP contribution in [0.25, 0.3) is 22.4 Å². The smallest absolute Gasteiger partial charge is 0.214 e. The van der Waals surface area contributed by atoms with Gasteiger partial charge in [0.1, 0.15) is 11.3 Å². The number of nitrogens with one attached hydrogen (secondary N) is 2. The summed E-state index contributed by atoms with van der Waals surface area (Å²) in [5, 5.41) is 3.45. The first-order chi connectivity index (χ1) is 13.9. The average Bonchev–Trinajstić information content (AvgIpc) is 3.15. The van der Waals surface area contributed by atoms with Crippen LogP contribution < -0.4 is 5.32 Å². The molecule has 1 saturated heterocycles.